The molecule has 1 atom stereocenters. The Morgan fingerprint density at radius 1 is 1.27 bits per heavy atom. The molecule has 0 radical (unpaired) electrons. The molecule has 0 amide bonds. The molecular weight excluding hydrogens is 136 g/mol. The fraction of sp³-hybridized carbons (Fsp3) is 1.00. The van der Waals surface area contributed by atoms with E-state index in [1.807, 2.05) is 0 Å². The fourth-order valence-corrected chi connectivity index (χ4v) is 1.20. The molecule has 2 nitrogen and oxygen atoms in total. The van der Waals surface area contributed by atoms with Crippen LogP contribution in [0.25, 0.3) is 0 Å². The van der Waals surface area contributed by atoms with Gasteiger partial charge in [0.1, 0.15) is 0 Å². The van der Waals surface area contributed by atoms with Crippen LogP contribution in [0, 0.1) is 0 Å². The van der Waals surface area contributed by atoms with Crippen molar-refractivity contribution in [3.8, 4) is 0 Å². The molecule has 0 aliphatic rings. The number of nitrogens with zero attached hydrogens (tertiary/aromatic N) is 1. The van der Waals surface area contributed by atoms with Crippen LogP contribution in [0.1, 0.15) is 26.2 Å². The Balaban J connectivity index is 3.35. The summed E-state index contributed by atoms with van der Waals surface area (Å²) < 4.78 is 0. The second-order valence-corrected chi connectivity index (χ2v) is 3.37. The molecule has 0 aromatic heterocycles. The topological polar surface area (TPSA) is 15.3 Å². The molecule has 11 heavy (non-hydrogen) atoms. The van der Waals surface area contributed by atoms with Gasteiger partial charge in [-0.25, -0.2) is 0 Å². The van der Waals surface area contributed by atoms with Crippen LogP contribution in [-0.4, -0.2) is 38.6 Å². The Labute approximate surface area is 71.0 Å². The predicted molar refractivity (Wildman–Crippen MR) is 50.9 cm³/mol. The van der Waals surface area contributed by atoms with Gasteiger partial charge in [-0.05, 0) is 40.5 Å². The van der Waals surface area contributed by atoms with Gasteiger partial charge >= 0.3 is 0 Å². The van der Waals surface area contributed by atoms with E-state index in [1.165, 1.54) is 25.8 Å². The van der Waals surface area contributed by atoms with Gasteiger partial charge in [-0.3, -0.25) is 0 Å². The third-order valence-electron chi connectivity index (χ3n) is 1.97. The molecule has 0 aliphatic carbocycles. The molecule has 0 aromatic rings. The summed E-state index contributed by atoms with van der Waals surface area (Å²) in [5.74, 6) is 0. The van der Waals surface area contributed by atoms with Crippen molar-refractivity contribution in [3.05, 3.63) is 0 Å². The smallest absolute Gasteiger partial charge is 0.00761 e. The molecule has 0 saturated carbocycles. The molecule has 0 spiro atoms. The maximum absolute atomic E-state index is 3.33. The van der Waals surface area contributed by atoms with E-state index in [-0.39, 0.29) is 0 Å². The summed E-state index contributed by atoms with van der Waals surface area (Å²) >= 11 is 0. The van der Waals surface area contributed by atoms with Crippen LogP contribution in [0.15, 0.2) is 0 Å². The van der Waals surface area contributed by atoms with E-state index in [1.54, 1.807) is 0 Å². The van der Waals surface area contributed by atoms with Crippen LogP contribution in [0.5, 0.6) is 0 Å². The third kappa shape index (κ3) is 6.32. The van der Waals surface area contributed by atoms with E-state index in [0.29, 0.717) is 6.04 Å². The molecule has 0 aliphatic heterocycles. The minimum Gasteiger partial charge on any atom is -0.317 e. The van der Waals surface area contributed by atoms with Crippen LogP contribution in [0.4, 0.5) is 0 Å². The lowest BCUT2D eigenvalue weighted by Gasteiger charge is -2.17. The Kier molecular flexibility index (Phi) is 6.57. The zero-order valence-corrected chi connectivity index (χ0v) is 8.35. The van der Waals surface area contributed by atoms with Crippen LogP contribution < -0.4 is 5.32 Å². The molecule has 2 heteroatoms. The van der Waals surface area contributed by atoms with E-state index in [4.69, 9.17) is 0 Å². The lowest BCUT2D eigenvalue weighted by Crippen LogP contribution is -2.29. The summed E-state index contributed by atoms with van der Waals surface area (Å²) in [6.07, 6.45) is 3.83. The third-order valence-corrected chi connectivity index (χ3v) is 1.97. The van der Waals surface area contributed by atoms with Gasteiger partial charge in [0.15, 0.2) is 0 Å². The largest absolute Gasteiger partial charge is 0.317 e. The van der Waals surface area contributed by atoms with Crippen molar-refractivity contribution >= 4 is 0 Å². The van der Waals surface area contributed by atoms with Crippen LogP contribution in [-0.2, 0) is 0 Å². The molecule has 0 saturated heterocycles. The van der Waals surface area contributed by atoms with Crippen LogP contribution >= 0.6 is 0 Å². The first-order chi connectivity index (χ1) is 5.20. The van der Waals surface area contributed by atoms with Gasteiger partial charge in [0.2, 0.25) is 0 Å². The highest BCUT2D eigenvalue weighted by atomic mass is 15.1. The Hall–Kier alpha value is -0.0800. The Bertz CT molecular complexity index is 81.6. The van der Waals surface area contributed by atoms with Crippen LogP contribution in [0.3, 0.4) is 0 Å². The van der Waals surface area contributed by atoms with Crippen molar-refractivity contribution < 1.29 is 0 Å². The highest BCUT2D eigenvalue weighted by molar-refractivity contribution is 4.64. The molecule has 68 valence electrons. The quantitative estimate of drug-likeness (QED) is 0.627. The summed E-state index contributed by atoms with van der Waals surface area (Å²) in [4.78, 5) is 2.24. The molecule has 0 aromatic carbocycles. The lowest BCUT2D eigenvalue weighted by atomic mass is 10.1. The van der Waals surface area contributed by atoms with Gasteiger partial charge < -0.3 is 10.2 Å². The van der Waals surface area contributed by atoms with Gasteiger partial charge in [-0.1, -0.05) is 13.3 Å². The summed E-state index contributed by atoms with van der Waals surface area (Å²) in [5.41, 5.74) is 0. The number of nitrogens with one attached hydrogen (secondary N) is 1. The first-order valence-corrected chi connectivity index (χ1v) is 4.52. The average molecular weight is 158 g/mol. The van der Waals surface area contributed by atoms with Gasteiger partial charge in [-0.2, -0.15) is 0 Å². The zero-order chi connectivity index (χ0) is 8.69. The van der Waals surface area contributed by atoms with Gasteiger partial charge in [-0.15, -0.1) is 0 Å². The van der Waals surface area contributed by atoms with Crippen molar-refractivity contribution in [2.75, 3.05) is 27.7 Å². The van der Waals surface area contributed by atoms with Gasteiger partial charge in [0.25, 0.3) is 0 Å². The molecule has 0 heterocycles. The van der Waals surface area contributed by atoms with Gasteiger partial charge in [0.05, 0.1) is 0 Å². The average Bonchev–Trinajstić information content (AvgIpc) is 1.97. The summed E-state index contributed by atoms with van der Waals surface area (Å²) in [7, 11) is 6.30. The summed E-state index contributed by atoms with van der Waals surface area (Å²) in [6.45, 7) is 3.42. The van der Waals surface area contributed by atoms with E-state index >= 15 is 0 Å². The zero-order valence-electron chi connectivity index (χ0n) is 8.35. The molecule has 1 N–H and O–H groups in total. The number of hydrogen-bond donors (Lipinski definition) is 1. The minimum absolute atomic E-state index is 0.711. The fourth-order valence-electron chi connectivity index (χ4n) is 1.20. The van der Waals surface area contributed by atoms with Crippen molar-refractivity contribution in [2.45, 2.75) is 32.2 Å². The van der Waals surface area contributed by atoms with E-state index in [9.17, 15) is 0 Å². The molecular formula is C9H22N2. The highest BCUT2D eigenvalue weighted by Gasteiger charge is 2.03. The SMILES string of the molecule is CCCC(CCN(C)C)NC. The standard InChI is InChI=1S/C9H22N2/c1-5-6-9(10-2)7-8-11(3)4/h9-10H,5-8H2,1-4H3. The van der Waals surface area contributed by atoms with E-state index in [2.05, 4.69) is 38.3 Å². The minimum atomic E-state index is 0.711. The van der Waals surface area contributed by atoms with Crippen molar-refractivity contribution in [3.63, 3.8) is 0 Å². The highest BCUT2D eigenvalue weighted by Crippen LogP contribution is 2.00. The summed E-state index contributed by atoms with van der Waals surface area (Å²) in [5, 5.41) is 3.33. The van der Waals surface area contributed by atoms with E-state index in [0.717, 1.165) is 0 Å². The van der Waals surface area contributed by atoms with Crippen LogP contribution in [0.2, 0.25) is 0 Å². The van der Waals surface area contributed by atoms with Crippen molar-refractivity contribution in [1.29, 1.82) is 0 Å². The van der Waals surface area contributed by atoms with Crippen molar-refractivity contribution in [2.24, 2.45) is 0 Å². The molecule has 0 rings (SSSR count). The number of hydrogen-bond acceptors (Lipinski definition) is 2. The molecule has 0 bridgehead atoms. The predicted octanol–water partition coefficient (Wildman–Crippen LogP) is 1.33. The Morgan fingerprint density at radius 2 is 1.91 bits per heavy atom. The second-order valence-electron chi connectivity index (χ2n) is 3.37. The second kappa shape index (κ2) is 6.62. The maximum Gasteiger partial charge on any atom is 0.00761 e. The van der Waals surface area contributed by atoms with E-state index < -0.39 is 0 Å². The number of rotatable bonds is 6. The maximum atomic E-state index is 3.33. The monoisotopic (exact) mass is 158 g/mol. The van der Waals surface area contributed by atoms with Gasteiger partial charge in [0, 0.05) is 6.04 Å². The normalized spacial score (nSPS) is 13.9. The first kappa shape index (κ1) is 10.9. The first-order valence-electron chi connectivity index (χ1n) is 4.52. The molecule has 1 unspecified atom stereocenters. The Morgan fingerprint density at radius 3 is 2.27 bits per heavy atom. The summed E-state index contributed by atoms with van der Waals surface area (Å²) in [6, 6.07) is 0.711. The van der Waals surface area contributed by atoms with Crippen molar-refractivity contribution in [1.82, 2.24) is 10.2 Å². The lowest BCUT2D eigenvalue weighted by molar-refractivity contribution is 0.356. The molecule has 0 fully saturated rings.